The molecule has 0 radical (unpaired) electrons. The van der Waals surface area contributed by atoms with Crippen molar-refractivity contribution in [1.29, 1.82) is 0 Å². The molecule has 6 heteroatoms. The predicted octanol–water partition coefficient (Wildman–Crippen LogP) is 1.22. The molecule has 0 saturated heterocycles. The van der Waals surface area contributed by atoms with Gasteiger partial charge in [-0.05, 0) is 19.1 Å². The molecule has 4 nitrogen and oxygen atoms in total. The van der Waals surface area contributed by atoms with Crippen LogP contribution >= 0.6 is 0 Å². The van der Waals surface area contributed by atoms with Crippen LogP contribution < -0.4 is 16.6 Å². The number of rotatable bonds is 2. The number of hydrazine groups is 1. The summed E-state index contributed by atoms with van der Waals surface area (Å²) in [5.41, 5.74) is 1.94. The third kappa shape index (κ3) is 2.88. The Kier molecular flexibility index (Phi) is 3.99. The van der Waals surface area contributed by atoms with E-state index in [9.17, 15) is 8.78 Å². The van der Waals surface area contributed by atoms with Crippen molar-refractivity contribution in [2.45, 2.75) is 6.92 Å². The second kappa shape index (κ2) is 5.26. The van der Waals surface area contributed by atoms with E-state index in [-0.39, 0.29) is 11.6 Å². The highest BCUT2D eigenvalue weighted by Gasteiger charge is 2.09. The van der Waals surface area contributed by atoms with Gasteiger partial charge in [-0.1, -0.05) is 6.07 Å². The standard InChI is InChI=1S/C9H12F2N4/c1-2-13-9(15-12)14-8-6(10)4-3-5-7(8)11/h3-5H,2,12H2,1H3,(H2,13,14,15). The van der Waals surface area contributed by atoms with Crippen molar-refractivity contribution in [3.8, 4) is 0 Å². The zero-order chi connectivity index (χ0) is 11.3. The molecule has 0 aliphatic heterocycles. The van der Waals surface area contributed by atoms with Crippen LogP contribution in [0.4, 0.5) is 14.5 Å². The van der Waals surface area contributed by atoms with Gasteiger partial charge in [0.1, 0.15) is 17.3 Å². The van der Waals surface area contributed by atoms with Crippen LogP contribution in [0.25, 0.3) is 0 Å². The van der Waals surface area contributed by atoms with Gasteiger partial charge in [-0.25, -0.2) is 14.6 Å². The van der Waals surface area contributed by atoms with E-state index < -0.39 is 11.6 Å². The maximum Gasteiger partial charge on any atom is 0.210 e. The zero-order valence-electron chi connectivity index (χ0n) is 8.22. The molecule has 0 bridgehead atoms. The Labute approximate surface area is 86.2 Å². The Hall–Kier alpha value is -1.69. The van der Waals surface area contributed by atoms with Crippen LogP contribution in [0.15, 0.2) is 23.2 Å². The average molecular weight is 214 g/mol. The summed E-state index contributed by atoms with van der Waals surface area (Å²) in [6.07, 6.45) is 0. The fraction of sp³-hybridized carbons (Fsp3) is 0.222. The summed E-state index contributed by atoms with van der Waals surface area (Å²) >= 11 is 0. The Balaban J connectivity index is 2.93. The summed E-state index contributed by atoms with van der Waals surface area (Å²) in [5.74, 6) is 3.83. The first kappa shape index (κ1) is 11.4. The largest absolute Gasteiger partial charge is 0.320 e. The summed E-state index contributed by atoms with van der Waals surface area (Å²) in [7, 11) is 0. The van der Waals surface area contributed by atoms with Gasteiger partial charge in [-0.15, -0.1) is 0 Å². The Morgan fingerprint density at radius 3 is 2.47 bits per heavy atom. The topological polar surface area (TPSA) is 62.4 Å². The number of hydrogen-bond acceptors (Lipinski definition) is 2. The van der Waals surface area contributed by atoms with Crippen LogP contribution in [0, 0.1) is 11.6 Å². The van der Waals surface area contributed by atoms with E-state index in [1.54, 1.807) is 6.92 Å². The van der Waals surface area contributed by atoms with Gasteiger partial charge in [0.05, 0.1) is 0 Å². The molecule has 0 spiro atoms. The van der Waals surface area contributed by atoms with Crippen molar-refractivity contribution in [3.63, 3.8) is 0 Å². The Morgan fingerprint density at radius 1 is 1.40 bits per heavy atom. The maximum absolute atomic E-state index is 13.2. The van der Waals surface area contributed by atoms with Gasteiger partial charge in [0.2, 0.25) is 5.96 Å². The molecule has 0 heterocycles. The van der Waals surface area contributed by atoms with Crippen LogP contribution in [0.1, 0.15) is 6.92 Å². The minimum Gasteiger partial charge on any atom is -0.320 e. The van der Waals surface area contributed by atoms with E-state index in [1.165, 1.54) is 6.07 Å². The van der Waals surface area contributed by atoms with Crippen LogP contribution in [0.2, 0.25) is 0 Å². The summed E-state index contributed by atoms with van der Waals surface area (Å²) in [6, 6.07) is 3.57. The molecule has 0 aliphatic rings. The van der Waals surface area contributed by atoms with Crippen LogP contribution in [0.3, 0.4) is 0 Å². The molecule has 0 aliphatic carbocycles. The molecule has 15 heavy (non-hydrogen) atoms. The van der Waals surface area contributed by atoms with E-state index in [0.717, 1.165) is 12.1 Å². The summed E-state index contributed by atoms with van der Waals surface area (Å²) in [4.78, 5) is 3.86. The molecule has 0 aromatic heterocycles. The molecule has 0 saturated carbocycles. The molecule has 0 amide bonds. The van der Waals surface area contributed by atoms with E-state index in [4.69, 9.17) is 5.84 Å². The molecule has 1 aromatic rings. The zero-order valence-corrected chi connectivity index (χ0v) is 8.22. The van der Waals surface area contributed by atoms with Crippen molar-refractivity contribution in [1.82, 2.24) is 5.43 Å². The first-order valence-corrected chi connectivity index (χ1v) is 4.41. The second-order valence-electron chi connectivity index (χ2n) is 2.69. The number of para-hydroxylation sites is 1. The van der Waals surface area contributed by atoms with E-state index in [2.05, 4.69) is 15.7 Å². The molecule has 4 N–H and O–H groups in total. The first-order valence-electron chi connectivity index (χ1n) is 4.41. The fourth-order valence-corrected chi connectivity index (χ4v) is 1.02. The number of nitrogens with zero attached hydrogens (tertiary/aromatic N) is 1. The highest BCUT2D eigenvalue weighted by atomic mass is 19.1. The number of halogens is 2. The van der Waals surface area contributed by atoms with Gasteiger partial charge < -0.3 is 5.32 Å². The Bertz CT molecular complexity index is 345. The number of guanidine groups is 1. The summed E-state index contributed by atoms with van der Waals surface area (Å²) in [6.45, 7) is 2.22. The minimum atomic E-state index is -0.700. The molecule has 0 fully saturated rings. The van der Waals surface area contributed by atoms with Crippen molar-refractivity contribution in [3.05, 3.63) is 29.8 Å². The van der Waals surface area contributed by atoms with Gasteiger partial charge in [0.15, 0.2) is 0 Å². The van der Waals surface area contributed by atoms with Crippen molar-refractivity contribution in [2.24, 2.45) is 10.8 Å². The molecule has 0 atom stereocenters. The predicted molar refractivity (Wildman–Crippen MR) is 55.3 cm³/mol. The lowest BCUT2D eigenvalue weighted by atomic mass is 10.3. The second-order valence-corrected chi connectivity index (χ2v) is 2.69. The molecular formula is C9H12F2N4. The third-order valence-electron chi connectivity index (χ3n) is 1.66. The number of anilines is 1. The number of benzene rings is 1. The van der Waals surface area contributed by atoms with Crippen molar-refractivity contribution < 1.29 is 8.78 Å². The first-order chi connectivity index (χ1) is 7.19. The number of nitrogens with one attached hydrogen (secondary N) is 2. The average Bonchev–Trinajstić information content (AvgIpc) is 2.22. The van der Waals surface area contributed by atoms with Gasteiger partial charge in [-0.3, -0.25) is 10.4 Å². The minimum absolute atomic E-state index is 0.113. The highest BCUT2D eigenvalue weighted by molar-refractivity contribution is 5.93. The number of hydrogen-bond donors (Lipinski definition) is 3. The van der Waals surface area contributed by atoms with Gasteiger partial charge in [0.25, 0.3) is 0 Å². The van der Waals surface area contributed by atoms with Gasteiger partial charge >= 0.3 is 0 Å². The molecule has 82 valence electrons. The van der Waals surface area contributed by atoms with Crippen LogP contribution in [0.5, 0.6) is 0 Å². The van der Waals surface area contributed by atoms with Crippen molar-refractivity contribution in [2.75, 3.05) is 11.9 Å². The molecular weight excluding hydrogens is 202 g/mol. The smallest absolute Gasteiger partial charge is 0.210 e. The van der Waals surface area contributed by atoms with E-state index >= 15 is 0 Å². The van der Waals surface area contributed by atoms with Crippen LogP contribution in [-0.2, 0) is 0 Å². The quantitative estimate of drug-likeness (QED) is 0.300. The lowest BCUT2D eigenvalue weighted by molar-refractivity contribution is 0.591. The van der Waals surface area contributed by atoms with Gasteiger partial charge in [-0.2, -0.15) is 0 Å². The normalized spacial score (nSPS) is 11.3. The van der Waals surface area contributed by atoms with Gasteiger partial charge in [0, 0.05) is 6.54 Å². The summed E-state index contributed by atoms with van der Waals surface area (Å²) < 4.78 is 26.3. The SMILES string of the molecule is CCN=C(NN)Nc1c(F)cccc1F. The van der Waals surface area contributed by atoms with E-state index in [0.29, 0.717) is 6.54 Å². The lowest BCUT2D eigenvalue weighted by Gasteiger charge is -2.10. The maximum atomic E-state index is 13.2. The van der Waals surface area contributed by atoms with E-state index in [1.807, 2.05) is 0 Å². The fourth-order valence-electron chi connectivity index (χ4n) is 1.02. The Morgan fingerprint density at radius 2 is 2.00 bits per heavy atom. The molecule has 0 unspecified atom stereocenters. The summed E-state index contributed by atoms with van der Waals surface area (Å²) in [5, 5.41) is 2.43. The third-order valence-corrected chi connectivity index (χ3v) is 1.66. The lowest BCUT2D eigenvalue weighted by Crippen LogP contribution is -2.36. The monoisotopic (exact) mass is 214 g/mol. The molecule has 1 aromatic carbocycles. The van der Waals surface area contributed by atoms with Crippen LogP contribution in [-0.4, -0.2) is 12.5 Å². The highest BCUT2D eigenvalue weighted by Crippen LogP contribution is 2.17. The number of nitrogens with two attached hydrogens (primary N) is 1. The molecule has 1 rings (SSSR count). The van der Waals surface area contributed by atoms with Crippen molar-refractivity contribution >= 4 is 11.6 Å². The number of aliphatic imine (C=N–C) groups is 1.